The highest BCUT2D eigenvalue weighted by atomic mass is 14.9. The Balaban J connectivity index is 1.90. The Hall–Kier alpha value is -1.06. The first kappa shape index (κ1) is 13.6. The van der Waals surface area contributed by atoms with Crippen LogP contribution in [0, 0.1) is 38.9 Å². The van der Waals surface area contributed by atoms with Gasteiger partial charge in [-0.1, -0.05) is 0 Å². The van der Waals surface area contributed by atoms with Gasteiger partial charge in [0.05, 0.1) is 5.41 Å². The van der Waals surface area contributed by atoms with Gasteiger partial charge < -0.3 is 11.5 Å². The number of hydrogen-bond donors (Lipinski definition) is 4. The predicted octanol–water partition coefficient (Wildman–Crippen LogP) is 3.01. The number of fused-ring (bicyclic) bond motifs is 4. The quantitative estimate of drug-likeness (QED) is 0.472. The number of nitrogens with two attached hydrogens (primary N) is 2. The molecule has 0 aromatic heterocycles. The Labute approximate surface area is 127 Å². The largest absolute Gasteiger partial charge is 0.387 e. The first-order chi connectivity index (χ1) is 9.96. The second-order valence-electron chi connectivity index (χ2n) is 8.43. The van der Waals surface area contributed by atoms with Crippen molar-refractivity contribution in [1.82, 2.24) is 0 Å². The van der Waals surface area contributed by atoms with Crippen LogP contribution < -0.4 is 11.5 Å². The Morgan fingerprint density at radius 3 is 1.29 bits per heavy atom. The zero-order chi connectivity index (χ0) is 14.9. The molecular formula is C17H28N4. The van der Waals surface area contributed by atoms with Gasteiger partial charge in [-0.2, -0.15) is 0 Å². The molecule has 4 rings (SSSR count). The zero-order valence-corrected chi connectivity index (χ0v) is 12.9. The highest BCUT2D eigenvalue weighted by Crippen LogP contribution is 2.73. The van der Waals surface area contributed by atoms with E-state index < -0.39 is 5.41 Å². The minimum atomic E-state index is -0.642. The fraction of sp³-hybridized carbons (Fsp3) is 0.882. The Morgan fingerprint density at radius 2 is 1.10 bits per heavy atom. The molecular weight excluding hydrogens is 260 g/mol. The monoisotopic (exact) mass is 288 g/mol. The van der Waals surface area contributed by atoms with E-state index >= 15 is 0 Å². The van der Waals surface area contributed by atoms with Crippen molar-refractivity contribution in [3.8, 4) is 0 Å². The van der Waals surface area contributed by atoms with E-state index in [1.165, 1.54) is 25.7 Å². The number of amidine groups is 2. The van der Waals surface area contributed by atoms with E-state index in [0.717, 1.165) is 50.4 Å². The second-order valence-corrected chi connectivity index (χ2v) is 8.43. The first-order valence-corrected chi connectivity index (χ1v) is 8.65. The molecule has 4 saturated carbocycles. The third-order valence-electron chi connectivity index (χ3n) is 7.88. The molecule has 0 saturated heterocycles. The van der Waals surface area contributed by atoms with Crippen LogP contribution in [0.15, 0.2) is 0 Å². The molecule has 0 atom stereocenters. The third kappa shape index (κ3) is 1.37. The molecule has 0 unspecified atom stereocenters. The summed E-state index contributed by atoms with van der Waals surface area (Å²) in [6, 6.07) is 0. The summed E-state index contributed by atoms with van der Waals surface area (Å²) in [6.07, 6.45) is 11.8. The van der Waals surface area contributed by atoms with Crippen LogP contribution in [-0.2, 0) is 0 Å². The van der Waals surface area contributed by atoms with E-state index in [1.807, 2.05) is 0 Å². The molecule has 0 aliphatic heterocycles. The van der Waals surface area contributed by atoms with Gasteiger partial charge in [0.1, 0.15) is 11.7 Å². The lowest BCUT2D eigenvalue weighted by Gasteiger charge is -2.56. The molecule has 4 fully saturated rings. The third-order valence-corrected chi connectivity index (χ3v) is 7.88. The Kier molecular flexibility index (Phi) is 2.60. The van der Waals surface area contributed by atoms with Crippen molar-refractivity contribution in [2.45, 2.75) is 64.2 Å². The maximum Gasteiger partial charge on any atom is 0.106 e. The van der Waals surface area contributed by atoms with Gasteiger partial charge in [-0.25, -0.2) is 0 Å². The summed E-state index contributed by atoms with van der Waals surface area (Å²) in [5, 5.41) is 17.0. The number of hydrogen-bond acceptors (Lipinski definition) is 2. The zero-order valence-electron chi connectivity index (χ0n) is 12.9. The van der Waals surface area contributed by atoms with Crippen LogP contribution in [0.1, 0.15) is 64.2 Å². The molecule has 0 aromatic carbocycles. The summed E-state index contributed by atoms with van der Waals surface area (Å²) in [6.45, 7) is 0. The van der Waals surface area contributed by atoms with Crippen molar-refractivity contribution >= 4 is 11.7 Å². The summed E-state index contributed by atoms with van der Waals surface area (Å²) in [7, 11) is 0. The van der Waals surface area contributed by atoms with Crippen molar-refractivity contribution in [1.29, 1.82) is 10.8 Å². The van der Waals surface area contributed by atoms with E-state index in [-0.39, 0.29) is 22.5 Å². The molecule has 116 valence electrons. The van der Waals surface area contributed by atoms with E-state index in [4.69, 9.17) is 22.3 Å². The molecule has 0 spiro atoms. The molecule has 0 heterocycles. The maximum atomic E-state index is 8.51. The van der Waals surface area contributed by atoms with E-state index in [0.29, 0.717) is 0 Å². The van der Waals surface area contributed by atoms with Crippen LogP contribution in [0.3, 0.4) is 0 Å². The maximum absolute atomic E-state index is 8.51. The van der Waals surface area contributed by atoms with Crippen LogP contribution in [0.25, 0.3) is 0 Å². The van der Waals surface area contributed by atoms with Crippen LogP contribution in [0.2, 0.25) is 0 Å². The molecule has 6 N–H and O–H groups in total. The normalized spacial score (nSPS) is 46.7. The average Bonchev–Trinajstić information content (AvgIpc) is 3.18. The molecule has 21 heavy (non-hydrogen) atoms. The second kappa shape index (κ2) is 4.02. The lowest BCUT2D eigenvalue weighted by molar-refractivity contribution is 0.0300. The summed E-state index contributed by atoms with van der Waals surface area (Å²) >= 11 is 0. The lowest BCUT2D eigenvalue weighted by atomic mass is 9.47. The van der Waals surface area contributed by atoms with Crippen molar-refractivity contribution in [2.75, 3.05) is 0 Å². The SMILES string of the molecule is N=C(N)C(C(=N)N)(C12CCC(CC1)C2)C12CCC(CC1)C2. The number of nitrogens with one attached hydrogen (secondary N) is 2. The van der Waals surface area contributed by atoms with E-state index in [1.54, 1.807) is 0 Å². The van der Waals surface area contributed by atoms with Gasteiger partial charge in [0, 0.05) is 0 Å². The van der Waals surface area contributed by atoms with Crippen molar-refractivity contribution < 1.29 is 0 Å². The molecule has 4 bridgehead atoms. The minimum absolute atomic E-state index is 0.0224. The molecule has 0 aromatic rings. The van der Waals surface area contributed by atoms with Crippen LogP contribution in [0.4, 0.5) is 0 Å². The van der Waals surface area contributed by atoms with Crippen molar-refractivity contribution in [2.24, 2.45) is 39.5 Å². The van der Waals surface area contributed by atoms with Crippen LogP contribution in [-0.4, -0.2) is 11.7 Å². The van der Waals surface area contributed by atoms with Gasteiger partial charge in [0.15, 0.2) is 0 Å². The summed E-state index contributed by atoms with van der Waals surface area (Å²) in [5.74, 6) is 2.00. The smallest absolute Gasteiger partial charge is 0.106 e. The lowest BCUT2D eigenvalue weighted by Crippen LogP contribution is -2.64. The van der Waals surface area contributed by atoms with Gasteiger partial charge in [0.25, 0.3) is 0 Å². The molecule has 4 aliphatic rings. The molecule has 4 aliphatic carbocycles. The standard InChI is InChI=1S/C17H28N4/c18-13(19)17(14(20)21,15-5-1-11(9-15)2-6-15)16-7-3-12(10-16)4-8-16/h11-12H,1-10H2,(H3,18,19)(H3,20,21). The van der Waals surface area contributed by atoms with E-state index in [9.17, 15) is 0 Å². The highest BCUT2D eigenvalue weighted by molar-refractivity contribution is 6.08. The summed E-state index contributed by atoms with van der Waals surface area (Å²) in [5.41, 5.74) is 11.9. The highest BCUT2D eigenvalue weighted by Gasteiger charge is 2.71. The summed E-state index contributed by atoms with van der Waals surface area (Å²) in [4.78, 5) is 0. The minimum Gasteiger partial charge on any atom is -0.387 e. The molecule has 0 amide bonds. The first-order valence-electron chi connectivity index (χ1n) is 8.65. The topological polar surface area (TPSA) is 99.7 Å². The summed E-state index contributed by atoms with van der Waals surface area (Å²) < 4.78 is 0. The predicted molar refractivity (Wildman–Crippen MR) is 84.3 cm³/mol. The molecule has 4 heteroatoms. The van der Waals surface area contributed by atoms with Crippen molar-refractivity contribution in [3.05, 3.63) is 0 Å². The van der Waals surface area contributed by atoms with Gasteiger partial charge in [-0.15, -0.1) is 0 Å². The van der Waals surface area contributed by atoms with Crippen molar-refractivity contribution in [3.63, 3.8) is 0 Å². The fourth-order valence-electron chi connectivity index (χ4n) is 7.29. The van der Waals surface area contributed by atoms with Gasteiger partial charge >= 0.3 is 0 Å². The van der Waals surface area contributed by atoms with Gasteiger partial charge in [-0.3, -0.25) is 10.8 Å². The molecule has 4 nitrogen and oxygen atoms in total. The van der Waals surface area contributed by atoms with Gasteiger partial charge in [-0.05, 0) is 86.9 Å². The van der Waals surface area contributed by atoms with E-state index in [2.05, 4.69) is 0 Å². The molecule has 0 radical (unpaired) electrons. The fourth-order valence-corrected chi connectivity index (χ4v) is 7.29. The Bertz CT molecular complexity index is 447. The van der Waals surface area contributed by atoms with Crippen LogP contribution >= 0.6 is 0 Å². The Morgan fingerprint density at radius 1 is 0.762 bits per heavy atom. The van der Waals surface area contributed by atoms with Crippen LogP contribution in [0.5, 0.6) is 0 Å². The average molecular weight is 288 g/mol. The van der Waals surface area contributed by atoms with Gasteiger partial charge in [0.2, 0.25) is 0 Å². The number of rotatable bonds is 4.